The second-order valence-electron chi connectivity index (χ2n) is 7.22. The Morgan fingerprint density at radius 1 is 0.923 bits per heavy atom. The average Bonchev–Trinajstić information content (AvgIpc) is 2.69. The standard InChI is InChI=1S/C22H22N4/c1-15-23-21(25-17-7-3-2-4-8-17)13-22(24-15)26-14-16-11-12-20(26)19-10-6-5-9-18(16)19/h2-10,13,16,20H,11-12,14H2,1H3,(H,23,24,25)/t16-,20+/m1/s1. The summed E-state index contributed by atoms with van der Waals surface area (Å²) in [5.74, 6) is 3.29. The average molecular weight is 342 g/mol. The van der Waals surface area contributed by atoms with Crippen molar-refractivity contribution in [1.29, 1.82) is 0 Å². The van der Waals surface area contributed by atoms with E-state index >= 15 is 0 Å². The molecular formula is C22H22N4. The molecule has 0 saturated carbocycles. The van der Waals surface area contributed by atoms with Gasteiger partial charge < -0.3 is 10.2 Å². The molecular weight excluding hydrogens is 320 g/mol. The molecule has 2 aromatic carbocycles. The minimum atomic E-state index is 0.426. The number of anilines is 3. The van der Waals surface area contributed by atoms with Crippen LogP contribution in [0.3, 0.4) is 0 Å². The van der Waals surface area contributed by atoms with E-state index in [4.69, 9.17) is 4.98 Å². The summed E-state index contributed by atoms with van der Waals surface area (Å²) in [6, 6.07) is 21.6. The molecule has 1 saturated heterocycles. The summed E-state index contributed by atoms with van der Waals surface area (Å²) in [5, 5.41) is 3.41. The summed E-state index contributed by atoms with van der Waals surface area (Å²) in [4.78, 5) is 11.8. The third-order valence-corrected chi connectivity index (χ3v) is 5.54. The summed E-state index contributed by atoms with van der Waals surface area (Å²) < 4.78 is 0. The zero-order chi connectivity index (χ0) is 17.5. The van der Waals surface area contributed by atoms with Gasteiger partial charge in [-0.15, -0.1) is 0 Å². The Morgan fingerprint density at radius 2 is 1.69 bits per heavy atom. The van der Waals surface area contributed by atoms with Crippen molar-refractivity contribution in [2.75, 3.05) is 16.8 Å². The van der Waals surface area contributed by atoms with Crippen molar-refractivity contribution in [1.82, 2.24) is 9.97 Å². The first-order valence-electron chi connectivity index (χ1n) is 9.31. The number of piperidine rings is 1. The molecule has 6 rings (SSSR count). The molecule has 2 atom stereocenters. The van der Waals surface area contributed by atoms with Crippen LogP contribution in [-0.2, 0) is 0 Å². The Hall–Kier alpha value is -2.88. The number of nitrogens with one attached hydrogen (secondary N) is 1. The zero-order valence-electron chi connectivity index (χ0n) is 14.9. The van der Waals surface area contributed by atoms with Crippen LogP contribution in [-0.4, -0.2) is 16.5 Å². The van der Waals surface area contributed by atoms with Gasteiger partial charge in [0.15, 0.2) is 0 Å². The van der Waals surface area contributed by atoms with Crippen molar-refractivity contribution in [3.8, 4) is 0 Å². The largest absolute Gasteiger partial charge is 0.349 e. The second-order valence-corrected chi connectivity index (χ2v) is 7.22. The first-order chi connectivity index (χ1) is 12.8. The third kappa shape index (κ3) is 2.62. The number of aryl methyl sites for hydroxylation is 1. The smallest absolute Gasteiger partial charge is 0.136 e. The van der Waals surface area contributed by atoms with Gasteiger partial charge in [-0.25, -0.2) is 9.97 Å². The fourth-order valence-electron chi connectivity index (χ4n) is 4.42. The third-order valence-electron chi connectivity index (χ3n) is 5.54. The van der Waals surface area contributed by atoms with Crippen LogP contribution in [0.25, 0.3) is 0 Å². The van der Waals surface area contributed by atoms with Gasteiger partial charge in [-0.3, -0.25) is 0 Å². The number of benzene rings is 2. The molecule has 26 heavy (non-hydrogen) atoms. The maximum Gasteiger partial charge on any atom is 0.136 e. The van der Waals surface area contributed by atoms with Crippen LogP contribution in [0.15, 0.2) is 60.7 Å². The van der Waals surface area contributed by atoms with E-state index in [1.807, 2.05) is 25.1 Å². The lowest BCUT2D eigenvalue weighted by Gasteiger charge is -2.47. The van der Waals surface area contributed by atoms with Crippen molar-refractivity contribution < 1.29 is 0 Å². The van der Waals surface area contributed by atoms with Crippen LogP contribution in [0.5, 0.6) is 0 Å². The highest BCUT2D eigenvalue weighted by Crippen LogP contribution is 2.48. The number of hydrogen-bond donors (Lipinski definition) is 1. The van der Waals surface area contributed by atoms with E-state index in [1.165, 1.54) is 24.0 Å². The quantitative estimate of drug-likeness (QED) is 0.730. The molecule has 3 heterocycles. The lowest BCUT2D eigenvalue weighted by molar-refractivity contribution is 0.387. The Kier molecular flexibility index (Phi) is 3.63. The molecule has 130 valence electrons. The number of hydrogen-bond acceptors (Lipinski definition) is 4. The zero-order valence-corrected chi connectivity index (χ0v) is 14.9. The van der Waals surface area contributed by atoms with E-state index in [1.54, 1.807) is 0 Å². The lowest BCUT2D eigenvalue weighted by atomic mass is 9.75. The van der Waals surface area contributed by atoms with Gasteiger partial charge in [-0.2, -0.15) is 0 Å². The molecule has 4 nitrogen and oxygen atoms in total. The molecule has 3 aromatic rings. The Morgan fingerprint density at radius 3 is 2.54 bits per heavy atom. The van der Waals surface area contributed by atoms with Crippen LogP contribution >= 0.6 is 0 Å². The van der Waals surface area contributed by atoms with Crippen LogP contribution in [0.4, 0.5) is 17.3 Å². The van der Waals surface area contributed by atoms with Crippen molar-refractivity contribution in [3.63, 3.8) is 0 Å². The van der Waals surface area contributed by atoms with E-state index < -0.39 is 0 Å². The predicted octanol–water partition coefficient (Wildman–Crippen LogP) is 4.97. The maximum absolute atomic E-state index is 4.77. The van der Waals surface area contributed by atoms with E-state index in [0.29, 0.717) is 12.0 Å². The summed E-state index contributed by atoms with van der Waals surface area (Å²) >= 11 is 0. The Labute approximate surface area is 153 Å². The molecule has 3 aliphatic rings. The highest BCUT2D eigenvalue weighted by Gasteiger charge is 2.38. The number of nitrogens with zero attached hydrogens (tertiary/aromatic N) is 3. The van der Waals surface area contributed by atoms with Crippen LogP contribution in [0, 0.1) is 6.92 Å². The van der Waals surface area contributed by atoms with Crippen molar-refractivity contribution in [2.45, 2.75) is 31.7 Å². The van der Waals surface area contributed by atoms with Crippen molar-refractivity contribution in [3.05, 3.63) is 77.6 Å². The number of fused-ring (bicyclic) bond motifs is 2. The summed E-state index contributed by atoms with van der Waals surface area (Å²) in [6.07, 6.45) is 2.48. The van der Waals surface area contributed by atoms with E-state index in [9.17, 15) is 0 Å². The number of rotatable bonds is 3. The second kappa shape index (κ2) is 6.13. The molecule has 4 heteroatoms. The minimum absolute atomic E-state index is 0.426. The summed E-state index contributed by atoms with van der Waals surface area (Å²) in [5.41, 5.74) is 4.05. The number of aromatic nitrogens is 2. The van der Waals surface area contributed by atoms with Gasteiger partial charge in [0.05, 0.1) is 6.04 Å². The van der Waals surface area contributed by atoms with Gasteiger partial charge in [0.1, 0.15) is 17.5 Å². The van der Waals surface area contributed by atoms with Gasteiger partial charge in [-0.05, 0) is 43.0 Å². The highest BCUT2D eigenvalue weighted by atomic mass is 15.2. The molecule has 1 N–H and O–H groups in total. The molecule has 1 fully saturated rings. The molecule has 2 bridgehead atoms. The molecule has 0 amide bonds. The van der Waals surface area contributed by atoms with Gasteiger partial charge in [0.25, 0.3) is 0 Å². The Balaban J connectivity index is 1.49. The minimum Gasteiger partial charge on any atom is -0.349 e. The number of para-hydroxylation sites is 1. The molecule has 2 aliphatic heterocycles. The van der Waals surface area contributed by atoms with Crippen molar-refractivity contribution in [2.24, 2.45) is 0 Å². The maximum atomic E-state index is 4.77. The molecule has 0 spiro atoms. The van der Waals surface area contributed by atoms with E-state index in [-0.39, 0.29) is 0 Å². The molecule has 0 radical (unpaired) electrons. The van der Waals surface area contributed by atoms with Gasteiger partial charge >= 0.3 is 0 Å². The SMILES string of the molecule is Cc1nc(Nc2ccccc2)cc(N2C[C@H]3CC[C@H]2c2ccccc23)n1. The van der Waals surface area contributed by atoms with Gasteiger partial charge in [0, 0.05) is 24.2 Å². The highest BCUT2D eigenvalue weighted by molar-refractivity contribution is 5.61. The Bertz CT molecular complexity index is 938. The molecule has 1 aromatic heterocycles. The van der Waals surface area contributed by atoms with Gasteiger partial charge in [0.2, 0.25) is 0 Å². The van der Waals surface area contributed by atoms with E-state index in [0.717, 1.165) is 29.7 Å². The fraction of sp³-hybridized carbons (Fsp3) is 0.273. The topological polar surface area (TPSA) is 41.1 Å². The molecule has 1 aliphatic carbocycles. The van der Waals surface area contributed by atoms with Crippen LogP contribution in [0.1, 0.15) is 41.8 Å². The van der Waals surface area contributed by atoms with Crippen LogP contribution in [0.2, 0.25) is 0 Å². The van der Waals surface area contributed by atoms with Gasteiger partial charge in [-0.1, -0.05) is 42.5 Å². The first-order valence-corrected chi connectivity index (χ1v) is 9.31. The first kappa shape index (κ1) is 15.4. The predicted molar refractivity (Wildman–Crippen MR) is 105 cm³/mol. The fourth-order valence-corrected chi connectivity index (χ4v) is 4.42. The summed E-state index contributed by atoms with van der Waals surface area (Å²) in [6.45, 7) is 3.01. The normalized spacial score (nSPS) is 20.7. The summed E-state index contributed by atoms with van der Waals surface area (Å²) in [7, 11) is 0. The lowest BCUT2D eigenvalue weighted by Crippen LogP contribution is -2.43. The van der Waals surface area contributed by atoms with Crippen molar-refractivity contribution >= 4 is 17.3 Å². The van der Waals surface area contributed by atoms with Crippen LogP contribution < -0.4 is 10.2 Å². The monoisotopic (exact) mass is 342 g/mol. The van der Waals surface area contributed by atoms with E-state index in [2.05, 4.69) is 57.7 Å². The molecule has 0 unspecified atom stereocenters.